The van der Waals surface area contributed by atoms with Gasteiger partial charge in [0.2, 0.25) is 11.7 Å². The molecule has 9 heteroatoms. The summed E-state index contributed by atoms with van der Waals surface area (Å²) in [4.78, 5) is 8.92. The van der Waals surface area contributed by atoms with E-state index in [-0.39, 0.29) is 30.1 Å². The Bertz CT molecular complexity index is 754. The lowest BCUT2D eigenvalue weighted by Gasteiger charge is -2.21. The van der Waals surface area contributed by atoms with Gasteiger partial charge in [0.1, 0.15) is 6.54 Å². The highest BCUT2D eigenvalue weighted by Crippen LogP contribution is 2.20. The van der Waals surface area contributed by atoms with Crippen molar-refractivity contribution in [2.75, 3.05) is 19.7 Å². The number of hydrogen-bond acceptors (Lipinski definition) is 5. The van der Waals surface area contributed by atoms with Crippen LogP contribution in [0.5, 0.6) is 0 Å². The monoisotopic (exact) mass is 535 g/mol. The van der Waals surface area contributed by atoms with E-state index in [1.165, 1.54) is 0 Å². The molecule has 29 heavy (non-hydrogen) atoms. The van der Waals surface area contributed by atoms with Gasteiger partial charge in [-0.1, -0.05) is 42.7 Å². The molecular weight excluding hydrogens is 505 g/mol. The molecule has 1 aromatic heterocycles. The zero-order valence-corrected chi connectivity index (χ0v) is 20.5. The number of nitrogens with zero attached hydrogens (tertiary/aromatic N) is 3. The molecule has 0 amide bonds. The van der Waals surface area contributed by atoms with Gasteiger partial charge in [0.25, 0.3) is 0 Å². The topological polar surface area (TPSA) is 84.6 Å². The van der Waals surface area contributed by atoms with Gasteiger partial charge in [-0.3, -0.25) is 0 Å². The molecule has 0 saturated carbocycles. The smallest absolute Gasteiger partial charge is 0.248 e. The minimum absolute atomic E-state index is 0. The summed E-state index contributed by atoms with van der Waals surface area (Å²) in [5.74, 6) is 2.14. The Kier molecular flexibility index (Phi) is 12.2. The average molecular weight is 536 g/mol. The molecule has 1 aromatic carbocycles. The molecular formula is C20H31ClIN5O2. The molecule has 0 aliphatic rings. The van der Waals surface area contributed by atoms with Crippen molar-refractivity contribution in [2.45, 2.75) is 46.8 Å². The molecule has 2 N–H and O–H groups in total. The molecule has 1 atom stereocenters. The lowest BCUT2D eigenvalue weighted by molar-refractivity contribution is 0.0258. The maximum Gasteiger partial charge on any atom is 0.248 e. The summed E-state index contributed by atoms with van der Waals surface area (Å²) in [6.07, 6.45) is 1.15. The normalized spacial score (nSPS) is 12.6. The third kappa shape index (κ3) is 8.88. The van der Waals surface area contributed by atoms with E-state index < -0.39 is 0 Å². The minimum atomic E-state index is 0. The van der Waals surface area contributed by atoms with Gasteiger partial charge in [-0.25, -0.2) is 4.99 Å². The fraction of sp³-hybridized carbons (Fsp3) is 0.550. The Morgan fingerprint density at radius 2 is 2.07 bits per heavy atom. The van der Waals surface area contributed by atoms with Crippen LogP contribution >= 0.6 is 35.6 Å². The summed E-state index contributed by atoms with van der Waals surface area (Å²) in [7, 11) is 0. The maximum atomic E-state index is 6.02. The fourth-order valence-electron chi connectivity index (χ4n) is 2.71. The Labute approximate surface area is 195 Å². The van der Waals surface area contributed by atoms with Crippen LogP contribution in [0.2, 0.25) is 5.02 Å². The molecule has 0 fully saturated rings. The summed E-state index contributed by atoms with van der Waals surface area (Å²) in [6, 6.07) is 7.35. The number of halogens is 2. The predicted octanol–water partition coefficient (Wildman–Crippen LogP) is 4.51. The SMILES string of the molecule is CCNC(=NCc1nc(-c2cccc(Cl)c2)no1)NCCC(OCC)C(C)C.I. The van der Waals surface area contributed by atoms with Crippen molar-refractivity contribution in [3.05, 3.63) is 35.2 Å². The molecule has 162 valence electrons. The van der Waals surface area contributed by atoms with E-state index in [4.69, 9.17) is 20.9 Å². The second-order valence-electron chi connectivity index (χ2n) is 6.67. The standard InChI is InChI=1S/C20H30ClN5O2.HI/c1-5-22-20(23-11-10-17(14(3)4)27-6-2)24-13-18-25-19(26-28-18)15-8-7-9-16(21)12-15;/h7-9,12,14,17H,5-6,10-11,13H2,1-4H3,(H2,22,23,24);1H. The Hall–Kier alpha value is -1.39. The molecule has 1 heterocycles. The predicted molar refractivity (Wildman–Crippen MR) is 128 cm³/mol. The number of aromatic nitrogens is 2. The van der Waals surface area contributed by atoms with Crippen molar-refractivity contribution in [2.24, 2.45) is 10.9 Å². The molecule has 7 nitrogen and oxygen atoms in total. The van der Waals surface area contributed by atoms with Gasteiger partial charge in [-0.2, -0.15) is 4.98 Å². The first kappa shape index (κ1) is 25.6. The van der Waals surface area contributed by atoms with Gasteiger partial charge in [0, 0.05) is 30.3 Å². The van der Waals surface area contributed by atoms with Gasteiger partial charge in [-0.15, -0.1) is 24.0 Å². The van der Waals surface area contributed by atoms with Gasteiger partial charge < -0.3 is 19.9 Å². The number of rotatable bonds is 10. The van der Waals surface area contributed by atoms with Gasteiger partial charge in [-0.05, 0) is 38.3 Å². The quantitative estimate of drug-likeness (QED) is 0.264. The van der Waals surface area contributed by atoms with Crippen molar-refractivity contribution >= 4 is 41.5 Å². The minimum Gasteiger partial charge on any atom is -0.378 e. The summed E-state index contributed by atoms with van der Waals surface area (Å²) in [6.45, 7) is 11.0. The van der Waals surface area contributed by atoms with Crippen LogP contribution in [-0.4, -0.2) is 41.9 Å². The summed E-state index contributed by atoms with van der Waals surface area (Å²) in [5.41, 5.74) is 0.812. The fourth-order valence-corrected chi connectivity index (χ4v) is 2.90. The van der Waals surface area contributed by atoms with Crippen LogP contribution in [0.3, 0.4) is 0 Å². The van der Waals surface area contributed by atoms with E-state index in [9.17, 15) is 0 Å². The number of benzene rings is 1. The number of guanidine groups is 1. The molecule has 0 saturated heterocycles. The average Bonchev–Trinajstić information content (AvgIpc) is 3.14. The van der Waals surface area contributed by atoms with Crippen molar-refractivity contribution in [1.82, 2.24) is 20.8 Å². The van der Waals surface area contributed by atoms with E-state index >= 15 is 0 Å². The van der Waals surface area contributed by atoms with E-state index in [0.29, 0.717) is 35.2 Å². The van der Waals surface area contributed by atoms with Gasteiger partial charge >= 0.3 is 0 Å². The zero-order valence-electron chi connectivity index (χ0n) is 17.4. The molecule has 0 aliphatic carbocycles. The second kappa shape index (κ2) is 13.8. The maximum absolute atomic E-state index is 6.02. The van der Waals surface area contributed by atoms with Crippen LogP contribution in [-0.2, 0) is 11.3 Å². The molecule has 0 bridgehead atoms. The molecule has 0 aliphatic heterocycles. The first-order valence-corrected chi connectivity index (χ1v) is 10.1. The third-order valence-electron chi connectivity index (χ3n) is 4.11. The van der Waals surface area contributed by atoms with Crippen molar-refractivity contribution in [3.8, 4) is 11.4 Å². The van der Waals surface area contributed by atoms with E-state index in [2.05, 4.69) is 39.6 Å². The van der Waals surface area contributed by atoms with Gasteiger partial charge in [0.15, 0.2) is 5.96 Å². The van der Waals surface area contributed by atoms with Crippen LogP contribution in [0, 0.1) is 5.92 Å². The number of ether oxygens (including phenoxy) is 1. The van der Waals surface area contributed by atoms with Gasteiger partial charge in [0.05, 0.1) is 6.10 Å². The molecule has 2 aromatic rings. The van der Waals surface area contributed by atoms with E-state index in [1.54, 1.807) is 12.1 Å². The highest BCUT2D eigenvalue weighted by molar-refractivity contribution is 14.0. The Morgan fingerprint density at radius 3 is 2.72 bits per heavy atom. The first-order chi connectivity index (χ1) is 13.5. The lowest BCUT2D eigenvalue weighted by Crippen LogP contribution is -2.39. The summed E-state index contributed by atoms with van der Waals surface area (Å²) in [5, 5.41) is 11.2. The second-order valence-corrected chi connectivity index (χ2v) is 7.11. The molecule has 0 spiro atoms. The summed E-state index contributed by atoms with van der Waals surface area (Å²) >= 11 is 6.02. The Balaban J connectivity index is 0.00000420. The van der Waals surface area contributed by atoms with Crippen molar-refractivity contribution in [3.63, 3.8) is 0 Å². The molecule has 1 unspecified atom stereocenters. The van der Waals surface area contributed by atoms with Crippen molar-refractivity contribution in [1.29, 1.82) is 0 Å². The van der Waals surface area contributed by atoms with Crippen molar-refractivity contribution < 1.29 is 9.26 Å². The van der Waals surface area contributed by atoms with E-state index in [0.717, 1.165) is 31.7 Å². The Morgan fingerprint density at radius 1 is 1.28 bits per heavy atom. The van der Waals surface area contributed by atoms with Crippen LogP contribution < -0.4 is 10.6 Å². The van der Waals surface area contributed by atoms with Crippen LogP contribution in [0.4, 0.5) is 0 Å². The highest BCUT2D eigenvalue weighted by Gasteiger charge is 2.13. The van der Waals surface area contributed by atoms with Crippen LogP contribution in [0.1, 0.15) is 40.0 Å². The number of nitrogens with one attached hydrogen (secondary N) is 2. The largest absolute Gasteiger partial charge is 0.378 e. The third-order valence-corrected chi connectivity index (χ3v) is 4.35. The first-order valence-electron chi connectivity index (χ1n) is 9.75. The highest BCUT2D eigenvalue weighted by atomic mass is 127. The van der Waals surface area contributed by atoms with Crippen LogP contribution in [0.15, 0.2) is 33.8 Å². The summed E-state index contributed by atoms with van der Waals surface area (Å²) < 4.78 is 11.1. The molecule has 2 rings (SSSR count). The lowest BCUT2D eigenvalue weighted by atomic mass is 10.0. The molecule has 0 radical (unpaired) electrons. The van der Waals surface area contributed by atoms with Crippen LogP contribution in [0.25, 0.3) is 11.4 Å². The van der Waals surface area contributed by atoms with E-state index in [1.807, 2.05) is 26.0 Å². The zero-order chi connectivity index (χ0) is 20.4. The number of aliphatic imine (C=N–C) groups is 1. The number of hydrogen-bond donors (Lipinski definition) is 2.